The molecule has 0 aliphatic rings. The number of amides is 1. The summed E-state index contributed by atoms with van der Waals surface area (Å²) in [5.41, 5.74) is 1.54. The summed E-state index contributed by atoms with van der Waals surface area (Å²) in [7, 11) is 0. The van der Waals surface area contributed by atoms with Gasteiger partial charge in [0.15, 0.2) is 0 Å². The van der Waals surface area contributed by atoms with Crippen LogP contribution in [-0.4, -0.2) is 10.9 Å². The topological polar surface area (TPSA) is 62.0 Å². The van der Waals surface area contributed by atoms with Crippen molar-refractivity contribution in [3.05, 3.63) is 69.4 Å². The molecule has 0 bridgehead atoms. The van der Waals surface area contributed by atoms with Gasteiger partial charge in [-0.3, -0.25) is 9.59 Å². The van der Waals surface area contributed by atoms with Crippen molar-refractivity contribution >= 4 is 5.91 Å². The summed E-state index contributed by atoms with van der Waals surface area (Å²) in [6.07, 6.45) is 0.647. The van der Waals surface area contributed by atoms with Gasteiger partial charge in [-0.1, -0.05) is 19.1 Å². The van der Waals surface area contributed by atoms with E-state index in [0.29, 0.717) is 17.7 Å². The van der Waals surface area contributed by atoms with Crippen LogP contribution >= 0.6 is 0 Å². The van der Waals surface area contributed by atoms with Gasteiger partial charge in [-0.05, 0) is 30.2 Å². The second-order valence-corrected chi connectivity index (χ2v) is 4.42. The number of hydrogen-bond donors (Lipinski definition) is 2. The van der Waals surface area contributed by atoms with Gasteiger partial charge in [0.2, 0.25) is 5.56 Å². The third kappa shape index (κ3) is 3.54. The molecule has 2 N–H and O–H groups in total. The van der Waals surface area contributed by atoms with Crippen LogP contribution in [-0.2, 0) is 13.0 Å². The lowest BCUT2D eigenvalue weighted by atomic mass is 10.1. The molecule has 0 aliphatic heterocycles. The third-order valence-electron chi connectivity index (χ3n) is 2.91. The van der Waals surface area contributed by atoms with Gasteiger partial charge >= 0.3 is 0 Å². The summed E-state index contributed by atoms with van der Waals surface area (Å²) in [4.78, 5) is 26.0. The molecule has 1 aromatic heterocycles. The highest BCUT2D eigenvalue weighted by Crippen LogP contribution is 2.04. The normalized spacial score (nSPS) is 10.3. The average Bonchev–Trinajstić information content (AvgIpc) is 2.45. The highest BCUT2D eigenvalue weighted by atomic mass is 19.1. The molecule has 0 radical (unpaired) electrons. The molecule has 1 aromatic carbocycles. The fourth-order valence-corrected chi connectivity index (χ4v) is 1.81. The first kappa shape index (κ1) is 14.0. The molecule has 104 valence electrons. The molecular formula is C15H15FN2O2. The molecule has 0 spiro atoms. The first-order chi connectivity index (χ1) is 9.58. The molecule has 0 saturated heterocycles. The van der Waals surface area contributed by atoms with E-state index in [1.54, 1.807) is 18.2 Å². The maximum Gasteiger partial charge on any atom is 0.251 e. The van der Waals surface area contributed by atoms with Gasteiger partial charge in [-0.15, -0.1) is 0 Å². The van der Waals surface area contributed by atoms with E-state index in [-0.39, 0.29) is 23.8 Å². The van der Waals surface area contributed by atoms with Crippen molar-refractivity contribution in [3.8, 4) is 0 Å². The second-order valence-electron chi connectivity index (χ2n) is 4.42. The van der Waals surface area contributed by atoms with Crippen molar-refractivity contribution < 1.29 is 9.18 Å². The summed E-state index contributed by atoms with van der Waals surface area (Å²) in [5.74, 6) is -0.641. The molecule has 2 aromatic rings. The van der Waals surface area contributed by atoms with E-state index in [1.165, 1.54) is 18.2 Å². The molecule has 4 nitrogen and oxygen atoms in total. The lowest BCUT2D eigenvalue weighted by Gasteiger charge is -2.06. The molecule has 0 saturated carbocycles. The number of nitrogens with one attached hydrogen (secondary N) is 2. The van der Waals surface area contributed by atoms with E-state index >= 15 is 0 Å². The average molecular weight is 274 g/mol. The number of aryl methyl sites for hydroxylation is 1. The van der Waals surface area contributed by atoms with Gasteiger partial charge in [-0.2, -0.15) is 0 Å². The van der Waals surface area contributed by atoms with E-state index in [2.05, 4.69) is 10.3 Å². The Balaban J connectivity index is 2.06. The Morgan fingerprint density at radius 1 is 1.25 bits per heavy atom. The van der Waals surface area contributed by atoms with Gasteiger partial charge in [-0.25, -0.2) is 4.39 Å². The molecule has 2 rings (SSSR count). The summed E-state index contributed by atoms with van der Waals surface area (Å²) >= 11 is 0. The van der Waals surface area contributed by atoms with Crippen LogP contribution in [0.5, 0.6) is 0 Å². The van der Waals surface area contributed by atoms with Crippen LogP contribution in [0.4, 0.5) is 4.39 Å². The van der Waals surface area contributed by atoms with Gasteiger partial charge in [0.1, 0.15) is 5.82 Å². The number of pyridine rings is 1. The Morgan fingerprint density at radius 2 is 1.95 bits per heavy atom. The first-order valence-electron chi connectivity index (χ1n) is 6.34. The van der Waals surface area contributed by atoms with Gasteiger partial charge in [0, 0.05) is 23.9 Å². The van der Waals surface area contributed by atoms with Crippen LogP contribution in [0.25, 0.3) is 0 Å². The number of hydrogen-bond acceptors (Lipinski definition) is 2. The zero-order valence-corrected chi connectivity index (χ0v) is 11.1. The van der Waals surface area contributed by atoms with Gasteiger partial charge in [0.05, 0.1) is 0 Å². The number of carbonyl (C=O) groups excluding carboxylic acids is 1. The maximum absolute atomic E-state index is 12.8. The summed E-state index contributed by atoms with van der Waals surface area (Å²) in [6, 6.07) is 8.80. The van der Waals surface area contributed by atoms with Gasteiger partial charge in [0.25, 0.3) is 5.91 Å². The summed E-state index contributed by atoms with van der Waals surface area (Å²) < 4.78 is 12.8. The minimum Gasteiger partial charge on any atom is -0.348 e. The third-order valence-corrected chi connectivity index (χ3v) is 2.91. The Morgan fingerprint density at radius 3 is 2.60 bits per heavy atom. The van der Waals surface area contributed by atoms with Crippen molar-refractivity contribution in [1.82, 2.24) is 10.3 Å². The highest BCUT2D eigenvalue weighted by molar-refractivity contribution is 5.94. The SMILES string of the molecule is CCc1cc(C(=O)NCc2ccc(F)cc2)cc(=O)[nH]1. The van der Waals surface area contributed by atoms with E-state index in [1.807, 2.05) is 6.92 Å². The Kier molecular flexibility index (Phi) is 4.30. The van der Waals surface area contributed by atoms with Crippen LogP contribution in [0.3, 0.4) is 0 Å². The zero-order valence-electron chi connectivity index (χ0n) is 11.1. The van der Waals surface area contributed by atoms with Crippen molar-refractivity contribution in [2.24, 2.45) is 0 Å². The zero-order chi connectivity index (χ0) is 14.5. The predicted octanol–water partition coefficient (Wildman–Crippen LogP) is 2.01. The van der Waals surface area contributed by atoms with E-state index in [4.69, 9.17) is 0 Å². The van der Waals surface area contributed by atoms with Crippen LogP contribution in [0.1, 0.15) is 28.5 Å². The first-order valence-corrected chi connectivity index (χ1v) is 6.34. The van der Waals surface area contributed by atoms with Crippen LogP contribution < -0.4 is 10.9 Å². The largest absolute Gasteiger partial charge is 0.348 e. The highest BCUT2D eigenvalue weighted by Gasteiger charge is 2.07. The number of halogens is 1. The molecule has 0 atom stereocenters. The lowest BCUT2D eigenvalue weighted by molar-refractivity contribution is 0.0950. The quantitative estimate of drug-likeness (QED) is 0.895. The molecule has 0 fully saturated rings. The van der Waals surface area contributed by atoms with Crippen molar-refractivity contribution in [2.75, 3.05) is 0 Å². The summed E-state index contributed by atoms with van der Waals surface area (Å²) in [6.45, 7) is 2.18. The Labute approximate surface area is 115 Å². The number of rotatable bonds is 4. The van der Waals surface area contributed by atoms with Crippen LogP contribution in [0.2, 0.25) is 0 Å². The van der Waals surface area contributed by atoms with E-state index in [9.17, 15) is 14.0 Å². The number of aromatic nitrogens is 1. The minimum absolute atomic E-state index is 0.285. The number of benzene rings is 1. The number of carbonyl (C=O) groups is 1. The molecule has 1 heterocycles. The van der Waals surface area contributed by atoms with Crippen molar-refractivity contribution in [2.45, 2.75) is 19.9 Å². The number of aromatic amines is 1. The van der Waals surface area contributed by atoms with Gasteiger partial charge < -0.3 is 10.3 Å². The fourth-order valence-electron chi connectivity index (χ4n) is 1.81. The van der Waals surface area contributed by atoms with Crippen LogP contribution in [0, 0.1) is 5.82 Å². The molecule has 1 amide bonds. The number of H-pyrrole nitrogens is 1. The molecule has 5 heteroatoms. The van der Waals surface area contributed by atoms with Crippen LogP contribution in [0.15, 0.2) is 41.2 Å². The minimum atomic E-state index is -0.324. The Hall–Kier alpha value is -2.43. The monoisotopic (exact) mass is 274 g/mol. The lowest BCUT2D eigenvalue weighted by Crippen LogP contribution is -2.24. The summed E-state index contributed by atoms with van der Waals surface area (Å²) in [5, 5.41) is 2.70. The van der Waals surface area contributed by atoms with Crippen molar-refractivity contribution in [3.63, 3.8) is 0 Å². The van der Waals surface area contributed by atoms with Crippen molar-refractivity contribution in [1.29, 1.82) is 0 Å². The molecule has 0 unspecified atom stereocenters. The molecule has 0 aliphatic carbocycles. The fraction of sp³-hybridized carbons (Fsp3) is 0.200. The Bertz CT molecular complexity index is 662. The maximum atomic E-state index is 12.8. The van der Waals surface area contributed by atoms with E-state index < -0.39 is 0 Å². The molecule has 20 heavy (non-hydrogen) atoms. The smallest absolute Gasteiger partial charge is 0.251 e. The molecular weight excluding hydrogens is 259 g/mol. The second kappa shape index (κ2) is 6.14. The van der Waals surface area contributed by atoms with E-state index in [0.717, 1.165) is 5.56 Å². The standard InChI is InChI=1S/C15H15FN2O2/c1-2-13-7-11(8-14(19)18-13)15(20)17-9-10-3-5-12(16)6-4-10/h3-8H,2,9H2,1H3,(H,17,20)(H,18,19). The predicted molar refractivity (Wildman–Crippen MR) is 74.0 cm³/mol.